The molecule has 1 aliphatic heterocycles. The zero-order chi connectivity index (χ0) is 20.3. The van der Waals surface area contributed by atoms with E-state index in [1.807, 2.05) is 6.07 Å². The van der Waals surface area contributed by atoms with E-state index in [0.717, 1.165) is 0 Å². The predicted octanol–water partition coefficient (Wildman–Crippen LogP) is 1.07. The van der Waals surface area contributed by atoms with Crippen LogP contribution in [0.5, 0.6) is 5.75 Å². The summed E-state index contributed by atoms with van der Waals surface area (Å²) in [5, 5.41) is 3.90. The Labute approximate surface area is 161 Å². The highest BCUT2D eigenvalue weighted by Crippen LogP contribution is 2.25. The molecule has 1 atom stereocenters. The fraction of sp³-hybridized carbons (Fsp3) is 0.158. The highest BCUT2D eigenvalue weighted by molar-refractivity contribution is 6.43. The number of nitrogens with two attached hydrogens (primary N) is 1. The molecule has 1 unspecified atom stereocenters. The number of anilines is 2. The standard InChI is InChI=1S/C19H19N5O4/c1-11-19(27)24(13-6-4-3-5-7-13)23-17(21-11)18(26)22-14-10-12(16(20)25)8-9-15(14)28-2/h3-11H,1-2H3,(H2,20,25)(H,21,23)(H,22,26). The molecule has 2 aromatic rings. The van der Waals surface area contributed by atoms with Crippen molar-refractivity contribution in [3.8, 4) is 5.75 Å². The number of nitrogens with zero attached hydrogens (tertiary/aromatic N) is 2. The normalized spacial score (nSPS) is 16.1. The number of hydrogen-bond acceptors (Lipinski definition) is 6. The zero-order valence-corrected chi connectivity index (χ0v) is 15.3. The minimum Gasteiger partial charge on any atom is -0.495 e. The van der Waals surface area contributed by atoms with Gasteiger partial charge >= 0.3 is 0 Å². The summed E-state index contributed by atoms with van der Waals surface area (Å²) in [6.45, 7) is 1.60. The van der Waals surface area contributed by atoms with Crippen molar-refractivity contribution in [2.75, 3.05) is 17.4 Å². The van der Waals surface area contributed by atoms with Crippen LogP contribution in [0.1, 0.15) is 17.3 Å². The fourth-order valence-electron chi connectivity index (χ4n) is 2.64. The number of carbonyl (C=O) groups excluding carboxylic acids is 3. The molecule has 1 aliphatic rings. The highest BCUT2D eigenvalue weighted by Gasteiger charge is 2.31. The Hall–Kier alpha value is -3.88. The van der Waals surface area contributed by atoms with E-state index in [9.17, 15) is 14.4 Å². The maximum Gasteiger partial charge on any atom is 0.292 e. The van der Waals surface area contributed by atoms with Crippen molar-refractivity contribution in [2.45, 2.75) is 13.0 Å². The Balaban J connectivity index is 1.86. The van der Waals surface area contributed by atoms with E-state index in [2.05, 4.69) is 15.7 Å². The van der Waals surface area contributed by atoms with Gasteiger partial charge in [0.05, 0.1) is 18.5 Å². The molecule has 9 heteroatoms. The Morgan fingerprint density at radius 1 is 1.21 bits per heavy atom. The number of nitrogens with one attached hydrogen (secondary N) is 2. The first-order chi connectivity index (χ1) is 13.4. The van der Waals surface area contributed by atoms with Gasteiger partial charge in [0.15, 0.2) is 0 Å². The summed E-state index contributed by atoms with van der Waals surface area (Å²) >= 11 is 0. The molecule has 0 aliphatic carbocycles. The third kappa shape index (κ3) is 3.78. The summed E-state index contributed by atoms with van der Waals surface area (Å²) in [5.41, 5.74) is 9.07. The molecular weight excluding hydrogens is 362 g/mol. The second kappa shape index (κ2) is 7.78. The number of para-hydroxylation sites is 1. The molecule has 0 bridgehead atoms. The van der Waals surface area contributed by atoms with Crippen molar-refractivity contribution < 1.29 is 19.1 Å². The molecule has 0 saturated heterocycles. The molecule has 3 amide bonds. The van der Waals surface area contributed by atoms with E-state index in [-0.39, 0.29) is 23.0 Å². The lowest BCUT2D eigenvalue weighted by Gasteiger charge is -2.30. The fourth-order valence-corrected chi connectivity index (χ4v) is 2.64. The van der Waals surface area contributed by atoms with Gasteiger partial charge in [-0.3, -0.25) is 19.8 Å². The molecule has 144 valence electrons. The number of aliphatic imine (C=N–C) groups is 1. The quantitative estimate of drug-likeness (QED) is 0.714. The molecule has 0 radical (unpaired) electrons. The lowest BCUT2D eigenvalue weighted by molar-refractivity contribution is -0.120. The Kier molecular flexibility index (Phi) is 5.25. The summed E-state index contributed by atoms with van der Waals surface area (Å²) in [6, 6.07) is 12.5. The molecule has 9 nitrogen and oxygen atoms in total. The number of hydrogen-bond donors (Lipinski definition) is 3. The number of ether oxygens (including phenoxy) is 1. The van der Waals surface area contributed by atoms with Gasteiger partial charge in [0.25, 0.3) is 11.8 Å². The SMILES string of the molecule is COc1ccc(C(N)=O)cc1NC(=O)C1=NC(C)C(=O)N(c2ccccc2)N1. The zero-order valence-electron chi connectivity index (χ0n) is 15.3. The monoisotopic (exact) mass is 381 g/mol. The molecule has 0 fully saturated rings. The Morgan fingerprint density at radius 3 is 2.57 bits per heavy atom. The van der Waals surface area contributed by atoms with E-state index in [0.29, 0.717) is 11.4 Å². The Morgan fingerprint density at radius 2 is 1.93 bits per heavy atom. The first-order valence-electron chi connectivity index (χ1n) is 8.43. The summed E-state index contributed by atoms with van der Waals surface area (Å²) in [7, 11) is 1.43. The van der Waals surface area contributed by atoms with Gasteiger partial charge in [-0.25, -0.2) is 10.0 Å². The third-order valence-electron chi connectivity index (χ3n) is 4.08. The van der Waals surface area contributed by atoms with Crippen LogP contribution in [-0.4, -0.2) is 36.7 Å². The number of amides is 3. The van der Waals surface area contributed by atoms with Crippen LogP contribution in [0.2, 0.25) is 0 Å². The van der Waals surface area contributed by atoms with E-state index in [4.69, 9.17) is 10.5 Å². The van der Waals surface area contributed by atoms with Crippen LogP contribution in [0.15, 0.2) is 53.5 Å². The minimum absolute atomic E-state index is 0.0533. The number of hydrazine groups is 1. The van der Waals surface area contributed by atoms with Gasteiger partial charge in [-0.05, 0) is 37.3 Å². The van der Waals surface area contributed by atoms with Gasteiger partial charge < -0.3 is 15.8 Å². The topological polar surface area (TPSA) is 126 Å². The van der Waals surface area contributed by atoms with E-state index in [1.54, 1.807) is 31.2 Å². The largest absolute Gasteiger partial charge is 0.495 e. The number of amidine groups is 1. The van der Waals surface area contributed by atoms with Crippen molar-refractivity contribution >= 4 is 34.9 Å². The minimum atomic E-state index is -0.749. The number of primary amides is 1. The molecule has 0 saturated carbocycles. The number of carbonyl (C=O) groups is 3. The van der Waals surface area contributed by atoms with Crippen molar-refractivity contribution in [3.63, 3.8) is 0 Å². The predicted molar refractivity (Wildman–Crippen MR) is 104 cm³/mol. The van der Waals surface area contributed by atoms with Crippen LogP contribution >= 0.6 is 0 Å². The van der Waals surface area contributed by atoms with Crippen LogP contribution in [0, 0.1) is 0 Å². The van der Waals surface area contributed by atoms with Crippen molar-refractivity contribution in [2.24, 2.45) is 10.7 Å². The highest BCUT2D eigenvalue weighted by atomic mass is 16.5. The van der Waals surface area contributed by atoms with Crippen molar-refractivity contribution in [3.05, 3.63) is 54.1 Å². The van der Waals surface area contributed by atoms with Gasteiger partial charge in [0.2, 0.25) is 11.7 Å². The average Bonchev–Trinajstić information content (AvgIpc) is 2.70. The lowest BCUT2D eigenvalue weighted by atomic mass is 10.1. The molecular formula is C19H19N5O4. The third-order valence-corrected chi connectivity index (χ3v) is 4.08. The molecule has 4 N–H and O–H groups in total. The van der Waals surface area contributed by atoms with Gasteiger partial charge in [0.1, 0.15) is 11.8 Å². The van der Waals surface area contributed by atoms with E-state index >= 15 is 0 Å². The van der Waals surface area contributed by atoms with Crippen LogP contribution in [0.4, 0.5) is 11.4 Å². The first-order valence-corrected chi connectivity index (χ1v) is 8.43. The second-order valence-corrected chi connectivity index (χ2v) is 6.01. The van der Waals surface area contributed by atoms with E-state index < -0.39 is 17.9 Å². The van der Waals surface area contributed by atoms with Gasteiger partial charge in [-0.1, -0.05) is 18.2 Å². The molecule has 3 rings (SSSR count). The molecule has 2 aromatic carbocycles. The van der Waals surface area contributed by atoms with Crippen LogP contribution in [-0.2, 0) is 9.59 Å². The van der Waals surface area contributed by atoms with Crippen LogP contribution in [0.3, 0.4) is 0 Å². The average molecular weight is 381 g/mol. The van der Waals surface area contributed by atoms with Crippen molar-refractivity contribution in [1.29, 1.82) is 0 Å². The van der Waals surface area contributed by atoms with Crippen molar-refractivity contribution in [1.82, 2.24) is 5.43 Å². The van der Waals surface area contributed by atoms with Gasteiger partial charge in [-0.2, -0.15) is 0 Å². The summed E-state index contributed by atoms with van der Waals surface area (Å²) in [4.78, 5) is 40.7. The summed E-state index contributed by atoms with van der Waals surface area (Å²) in [5.74, 6) is -1.24. The number of rotatable bonds is 5. The molecule has 1 heterocycles. The lowest BCUT2D eigenvalue weighted by Crippen LogP contribution is -2.57. The smallest absolute Gasteiger partial charge is 0.292 e. The van der Waals surface area contributed by atoms with Gasteiger partial charge in [0, 0.05) is 5.56 Å². The summed E-state index contributed by atoms with van der Waals surface area (Å²) in [6.07, 6.45) is 0. The Bertz CT molecular complexity index is 958. The number of benzene rings is 2. The van der Waals surface area contributed by atoms with Gasteiger partial charge in [-0.15, -0.1) is 0 Å². The molecule has 28 heavy (non-hydrogen) atoms. The van der Waals surface area contributed by atoms with Crippen LogP contribution in [0.25, 0.3) is 0 Å². The maximum atomic E-state index is 12.7. The van der Waals surface area contributed by atoms with Crippen LogP contribution < -0.4 is 26.2 Å². The van der Waals surface area contributed by atoms with E-state index in [1.165, 1.54) is 30.3 Å². The second-order valence-electron chi connectivity index (χ2n) is 6.01. The first kappa shape index (κ1) is 18.9. The summed E-state index contributed by atoms with van der Waals surface area (Å²) < 4.78 is 5.21. The molecule has 0 spiro atoms. The molecule has 0 aromatic heterocycles. The maximum absolute atomic E-state index is 12.7. The number of methoxy groups -OCH3 is 1.